The molecule has 28 heavy (non-hydrogen) atoms. The van der Waals surface area contributed by atoms with E-state index in [4.69, 9.17) is 23.2 Å². The van der Waals surface area contributed by atoms with Crippen LogP contribution in [0.5, 0.6) is 0 Å². The molecule has 0 unspecified atom stereocenters. The van der Waals surface area contributed by atoms with Gasteiger partial charge in [0.25, 0.3) is 5.56 Å². The van der Waals surface area contributed by atoms with Crippen molar-refractivity contribution in [3.63, 3.8) is 0 Å². The largest absolute Gasteiger partial charge is 0.268 e. The molecule has 0 saturated carbocycles. The van der Waals surface area contributed by atoms with Gasteiger partial charge in [-0.05, 0) is 30.7 Å². The van der Waals surface area contributed by atoms with Crippen LogP contribution < -0.4 is 10.3 Å². The van der Waals surface area contributed by atoms with Crippen LogP contribution in [-0.4, -0.2) is 24.7 Å². The smallest absolute Gasteiger partial charge is 0.266 e. The van der Waals surface area contributed by atoms with E-state index in [1.807, 2.05) is 30.3 Å². The summed E-state index contributed by atoms with van der Waals surface area (Å²) < 4.78 is 28.7. The van der Waals surface area contributed by atoms with E-state index in [9.17, 15) is 13.2 Å². The average Bonchev–Trinajstić information content (AvgIpc) is 2.66. The summed E-state index contributed by atoms with van der Waals surface area (Å²) >= 11 is 12.0. The number of hydrogen-bond acceptors (Lipinski definition) is 4. The third-order valence-corrected chi connectivity index (χ3v) is 6.39. The minimum Gasteiger partial charge on any atom is -0.268 e. The fraction of sp³-hybridized carbons (Fsp3) is 0.158. The highest BCUT2D eigenvalue weighted by molar-refractivity contribution is 7.89. The molecule has 0 aliphatic rings. The maximum Gasteiger partial charge on any atom is 0.266 e. The van der Waals surface area contributed by atoms with Crippen LogP contribution in [0.4, 0.5) is 0 Å². The van der Waals surface area contributed by atoms with E-state index in [2.05, 4.69) is 9.82 Å². The molecule has 0 aliphatic heterocycles. The number of rotatable bonds is 6. The molecule has 146 valence electrons. The average molecular weight is 438 g/mol. The Kier molecular flexibility index (Phi) is 6.20. The van der Waals surface area contributed by atoms with Gasteiger partial charge in [-0.25, -0.2) is 17.8 Å². The standard InChI is InChI=1S/C19H17Cl2N3O3S/c1-13-11-18(16(21)12-15(13)20)28(26,27)22-9-10-24-19(25)8-7-17(23-24)14-5-3-2-4-6-14/h2-8,11-12,22H,9-10H2,1H3. The van der Waals surface area contributed by atoms with E-state index in [0.717, 1.165) is 5.56 Å². The Morgan fingerprint density at radius 1 is 1.04 bits per heavy atom. The summed E-state index contributed by atoms with van der Waals surface area (Å²) in [6.07, 6.45) is 0. The minimum atomic E-state index is -3.86. The molecule has 0 atom stereocenters. The minimum absolute atomic E-state index is 0.0223. The number of aromatic nitrogens is 2. The topological polar surface area (TPSA) is 81.1 Å². The Hall–Kier alpha value is -2.19. The van der Waals surface area contributed by atoms with Crippen LogP contribution in [0.1, 0.15) is 5.56 Å². The van der Waals surface area contributed by atoms with Crippen molar-refractivity contribution in [3.8, 4) is 11.3 Å². The zero-order valence-electron chi connectivity index (χ0n) is 14.9. The van der Waals surface area contributed by atoms with Gasteiger partial charge in [0, 0.05) is 23.2 Å². The lowest BCUT2D eigenvalue weighted by Gasteiger charge is -2.11. The zero-order chi connectivity index (χ0) is 20.3. The number of nitrogens with one attached hydrogen (secondary N) is 1. The van der Waals surface area contributed by atoms with Crippen molar-refractivity contribution in [1.29, 1.82) is 0 Å². The van der Waals surface area contributed by atoms with Gasteiger partial charge in [0.15, 0.2) is 0 Å². The number of benzene rings is 2. The lowest BCUT2D eigenvalue weighted by atomic mass is 10.1. The van der Waals surface area contributed by atoms with Crippen LogP contribution in [0.2, 0.25) is 10.0 Å². The van der Waals surface area contributed by atoms with Crippen molar-refractivity contribution < 1.29 is 8.42 Å². The maximum atomic E-state index is 12.5. The monoisotopic (exact) mass is 437 g/mol. The second-order valence-electron chi connectivity index (χ2n) is 6.08. The Labute approximate surface area is 172 Å². The molecule has 0 radical (unpaired) electrons. The Morgan fingerprint density at radius 2 is 1.75 bits per heavy atom. The summed E-state index contributed by atoms with van der Waals surface area (Å²) in [5.41, 5.74) is 1.76. The number of hydrogen-bond donors (Lipinski definition) is 1. The Balaban J connectivity index is 1.76. The van der Waals surface area contributed by atoms with Crippen LogP contribution in [-0.2, 0) is 16.6 Å². The third-order valence-electron chi connectivity index (χ3n) is 4.05. The van der Waals surface area contributed by atoms with Crippen LogP contribution in [0.25, 0.3) is 11.3 Å². The molecule has 3 aromatic rings. The van der Waals surface area contributed by atoms with Gasteiger partial charge in [0.05, 0.1) is 17.3 Å². The predicted octanol–water partition coefficient (Wildman–Crippen LogP) is 3.50. The van der Waals surface area contributed by atoms with Gasteiger partial charge < -0.3 is 0 Å². The first-order valence-corrected chi connectivity index (χ1v) is 10.6. The van der Waals surface area contributed by atoms with Crippen molar-refractivity contribution in [2.45, 2.75) is 18.4 Å². The summed E-state index contributed by atoms with van der Waals surface area (Å²) in [6, 6.07) is 15.2. The summed E-state index contributed by atoms with van der Waals surface area (Å²) in [5, 5.41) is 4.72. The molecule has 0 fully saturated rings. The molecule has 0 aliphatic carbocycles. The SMILES string of the molecule is Cc1cc(S(=O)(=O)NCCn2nc(-c3ccccc3)ccc2=O)c(Cl)cc1Cl. The Bertz CT molecular complexity index is 1160. The normalized spacial score (nSPS) is 11.5. The molecular formula is C19H17Cl2N3O3S. The highest BCUT2D eigenvalue weighted by Gasteiger charge is 2.19. The second-order valence-corrected chi connectivity index (χ2v) is 8.63. The predicted molar refractivity (Wildman–Crippen MR) is 110 cm³/mol. The fourth-order valence-corrected chi connectivity index (χ4v) is 4.42. The first kappa shape index (κ1) is 20.5. The summed E-state index contributed by atoms with van der Waals surface area (Å²) in [6.45, 7) is 1.74. The van der Waals surface area contributed by atoms with Crippen molar-refractivity contribution >= 4 is 33.2 Å². The molecule has 1 aromatic heterocycles. The van der Waals surface area contributed by atoms with Crippen molar-refractivity contribution in [1.82, 2.24) is 14.5 Å². The van der Waals surface area contributed by atoms with E-state index < -0.39 is 10.0 Å². The summed E-state index contributed by atoms with van der Waals surface area (Å²) in [7, 11) is -3.86. The molecule has 0 bridgehead atoms. The molecule has 2 aromatic carbocycles. The van der Waals surface area contributed by atoms with E-state index in [0.29, 0.717) is 16.3 Å². The van der Waals surface area contributed by atoms with Gasteiger partial charge in [-0.15, -0.1) is 0 Å². The Morgan fingerprint density at radius 3 is 2.46 bits per heavy atom. The van der Waals surface area contributed by atoms with Gasteiger partial charge in [0.2, 0.25) is 10.0 Å². The highest BCUT2D eigenvalue weighted by Crippen LogP contribution is 2.28. The maximum absolute atomic E-state index is 12.5. The molecule has 1 heterocycles. The van der Waals surface area contributed by atoms with E-state index in [1.54, 1.807) is 13.0 Å². The van der Waals surface area contributed by atoms with Crippen LogP contribution >= 0.6 is 23.2 Å². The van der Waals surface area contributed by atoms with Crippen molar-refractivity contribution in [2.75, 3.05) is 6.54 Å². The van der Waals surface area contributed by atoms with Gasteiger partial charge >= 0.3 is 0 Å². The van der Waals surface area contributed by atoms with E-state index in [-0.39, 0.29) is 28.6 Å². The summed E-state index contributed by atoms with van der Waals surface area (Å²) in [4.78, 5) is 12.0. The zero-order valence-corrected chi connectivity index (χ0v) is 17.2. The highest BCUT2D eigenvalue weighted by atomic mass is 35.5. The van der Waals surface area contributed by atoms with E-state index >= 15 is 0 Å². The molecule has 3 rings (SSSR count). The molecule has 9 heteroatoms. The van der Waals surface area contributed by atoms with Gasteiger partial charge in [-0.2, -0.15) is 5.10 Å². The van der Waals surface area contributed by atoms with Crippen molar-refractivity contribution in [3.05, 3.63) is 80.6 Å². The number of halogens is 2. The van der Waals surface area contributed by atoms with Gasteiger partial charge in [-0.3, -0.25) is 4.79 Å². The number of nitrogens with zero attached hydrogens (tertiary/aromatic N) is 2. The molecule has 0 spiro atoms. The quantitative estimate of drug-likeness (QED) is 0.639. The second kappa shape index (κ2) is 8.45. The molecule has 0 amide bonds. The first-order chi connectivity index (χ1) is 13.3. The molecule has 6 nitrogen and oxygen atoms in total. The van der Waals surface area contributed by atoms with Gasteiger partial charge in [0.1, 0.15) is 4.90 Å². The van der Waals surface area contributed by atoms with Crippen LogP contribution in [0.3, 0.4) is 0 Å². The lowest BCUT2D eigenvalue weighted by molar-refractivity contribution is 0.548. The van der Waals surface area contributed by atoms with Crippen molar-refractivity contribution in [2.24, 2.45) is 0 Å². The first-order valence-electron chi connectivity index (χ1n) is 8.37. The number of aryl methyl sites for hydroxylation is 1. The van der Waals surface area contributed by atoms with Crippen LogP contribution in [0.15, 0.2) is 64.3 Å². The number of sulfonamides is 1. The summed E-state index contributed by atoms with van der Waals surface area (Å²) in [5.74, 6) is 0. The van der Waals surface area contributed by atoms with Crippen LogP contribution in [0, 0.1) is 6.92 Å². The van der Waals surface area contributed by atoms with Gasteiger partial charge in [-0.1, -0.05) is 53.5 Å². The molecule has 0 saturated heterocycles. The fourth-order valence-electron chi connectivity index (χ4n) is 2.57. The molecular weight excluding hydrogens is 421 g/mol. The van der Waals surface area contributed by atoms with E-state index in [1.165, 1.54) is 22.9 Å². The molecule has 1 N–H and O–H groups in total. The third kappa shape index (κ3) is 4.62. The lowest BCUT2D eigenvalue weighted by Crippen LogP contribution is -2.32.